The summed E-state index contributed by atoms with van der Waals surface area (Å²) in [5.41, 5.74) is 2.63. The van der Waals surface area contributed by atoms with E-state index >= 15 is 0 Å². The first kappa shape index (κ1) is 15.5. The molecule has 1 aliphatic rings. The third-order valence-corrected chi connectivity index (χ3v) is 4.19. The van der Waals surface area contributed by atoms with Crippen LogP contribution in [0.4, 0.5) is 0 Å². The van der Waals surface area contributed by atoms with Crippen LogP contribution in [0.1, 0.15) is 51.8 Å². The molecule has 0 spiro atoms. The molecule has 4 nitrogen and oxygen atoms in total. The fourth-order valence-corrected chi connectivity index (χ4v) is 2.70. The molecule has 1 atom stereocenters. The minimum absolute atomic E-state index is 0.106. The SMILES string of the molecule is CC(CNCc1cn(C)nc1C(C)(C)C)N(C)C1CC1. The molecule has 1 aromatic heterocycles. The average molecular weight is 278 g/mol. The Morgan fingerprint density at radius 1 is 1.45 bits per heavy atom. The van der Waals surface area contributed by atoms with Gasteiger partial charge in [0.25, 0.3) is 0 Å². The summed E-state index contributed by atoms with van der Waals surface area (Å²) in [6.07, 6.45) is 4.89. The van der Waals surface area contributed by atoms with E-state index in [1.807, 2.05) is 11.7 Å². The fourth-order valence-electron chi connectivity index (χ4n) is 2.70. The zero-order valence-electron chi connectivity index (χ0n) is 13.9. The minimum atomic E-state index is 0.106. The number of nitrogens with zero attached hydrogens (tertiary/aromatic N) is 3. The van der Waals surface area contributed by atoms with E-state index < -0.39 is 0 Å². The Morgan fingerprint density at radius 3 is 2.65 bits per heavy atom. The first-order valence-corrected chi connectivity index (χ1v) is 7.74. The second kappa shape index (κ2) is 5.86. The van der Waals surface area contributed by atoms with Gasteiger partial charge in [0.05, 0.1) is 5.69 Å². The molecule has 0 aliphatic heterocycles. The van der Waals surface area contributed by atoms with E-state index in [1.165, 1.54) is 24.1 Å². The molecule has 1 saturated carbocycles. The molecular formula is C16H30N4. The van der Waals surface area contributed by atoms with Crippen molar-refractivity contribution in [1.29, 1.82) is 0 Å². The van der Waals surface area contributed by atoms with E-state index in [0.29, 0.717) is 6.04 Å². The summed E-state index contributed by atoms with van der Waals surface area (Å²) in [7, 11) is 4.25. The Bertz CT molecular complexity index is 440. The van der Waals surface area contributed by atoms with Crippen molar-refractivity contribution in [3.05, 3.63) is 17.5 Å². The van der Waals surface area contributed by atoms with Crippen molar-refractivity contribution in [2.45, 2.75) is 64.6 Å². The number of rotatable bonds is 6. The van der Waals surface area contributed by atoms with E-state index in [-0.39, 0.29) is 5.41 Å². The van der Waals surface area contributed by atoms with Gasteiger partial charge in [-0.15, -0.1) is 0 Å². The van der Waals surface area contributed by atoms with Crippen molar-refractivity contribution < 1.29 is 0 Å². The third kappa shape index (κ3) is 3.83. The van der Waals surface area contributed by atoms with E-state index in [1.54, 1.807) is 0 Å². The lowest BCUT2D eigenvalue weighted by Gasteiger charge is -2.25. The molecule has 20 heavy (non-hydrogen) atoms. The largest absolute Gasteiger partial charge is 0.311 e. The van der Waals surface area contributed by atoms with Gasteiger partial charge in [-0.1, -0.05) is 20.8 Å². The molecule has 1 aromatic rings. The molecule has 2 rings (SSSR count). The van der Waals surface area contributed by atoms with Crippen LogP contribution in [0.3, 0.4) is 0 Å². The topological polar surface area (TPSA) is 33.1 Å². The number of aryl methyl sites for hydroxylation is 1. The molecule has 0 radical (unpaired) electrons. The van der Waals surface area contributed by atoms with Crippen LogP contribution >= 0.6 is 0 Å². The number of hydrogen-bond donors (Lipinski definition) is 1. The number of likely N-dealkylation sites (N-methyl/N-ethyl adjacent to an activating group) is 1. The smallest absolute Gasteiger partial charge is 0.0722 e. The lowest BCUT2D eigenvalue weighted by atomic mass is 9.89. The van der Waals surface area contributed by atoms with Crippen LogP contribution in [0.15, 0.2) is 6.20 Å². The van der Waals surface area contributed by atoms with Crippen molar-refractivity contribution in [3.63, 3.8) is 0 Å². The Hall–Kier alpha value is -0.870. The summed E-state index contributed by atoms with van der Waals surface area (Å²) >= 11 is 0. The molecule has 1 fully saturated rings. The second-order valence-electron chi connectivity index (χ2n) is 7.30. The molecule has 1 heterocycles. The van der Waals surface area contributed by atoms with Gasteiger partial charge < -0.3 is 5.32 Å². The molecule has 1 N–H and O–H groups in total. The highest BCUT2D eigenvalue weighted by Crippen LogP contribution is 2.27. The average Bonchev–Trinajstić information content (AvgIpc) is 3.11. The van der Waals surface area contributed by atoms with Gasteiger partial charge >= 0.3 is 0 Å². The van der Waals surface area contributed by atoms with Gasteiger partial charge in [0, 0.05) is 49.4 Å². The second-order valence-corrected chi connectivity index (χ2v) is 7.30. The van der Waals surface area contributed by atoms with Gasteiger partial charge in [0.2, 0.25) is 0 Å². The fraction of sp³-hybridized carbons (Fsp3) is 0.812. The van der Waals surface area contributed by atoms with Gasteiger partial charge in [-0.2, -0.15) is 5.10 Å². The van der Waals surface area contributed by atoms with Crippen molar-refractivity contribution in [1.82, 2.24) is 20.0 Å². The molecule has 0 bridgehead atoms. The van der Waals surface area contributed by atoms with Crippen LogP contribution in [0.2, 0.25) is 0 Å². The molecule has 0 amide bonds. The summed E-state index contributed by atoms with van der Waals surface area (Å²) in [4.78, 5) is 2.50. The Morgan fingerprint density at radius 2 is 2.10 bits per heavy atom. The normalized spacial score (nSPS) is 17.8. The molecule has 1 aliphatic carbocycles. The highest BCUT2D eigenvalue weighted by Gasteiger charge is 2.29. The maximum absolute atomic E-state index is 4.62. The predicted molar refractivity (Wildman–Crippen MR) is 83.9 cm³/mol. The first-order valence-electron chi connectivity index (χ1n) is 7.74. The summed E-state index contributed by atoms with van der Waals surface area (Å²) in [6.45, 7) is 10.9. The van der Waals surface area contributed by atoms with Gasteiger partial charge in [0.1, 0.15) is 0 Å². The third-order valence-electron chi connectivity index (χ3n) is 4.19. The van der Waals surface area contributed by atoms with Crippen LogP contribution < -0.4 is 5.32 Å². The van der Waals surface area contributed by atoms with E-state index in [4.69, 9.17) is 0 Å². The predicted octanol–water partition coefficient (Wildman–Crippen LogP) is 2.29. The van der Waals surface area contributed by atoms with Crippen molar-refractivity contribution in [2.24, 2.45) is 7.05 Å². The Kier molecular flexibility index (Phi) is 4.55. The lowest BCUT2D eigenvalue weighted by Crippen LogP contribution is -2.39. The van der Waals surface area contributed by atoms with Gasteiger partial charge in [-0.3, -0.25) is 9.58 Å². The van der Waals surface area contributed by atoms with Gasteiger partial charge in [-0.25, -0.2) is 0 Å². The van der Waals surface area contributed by atoms with Crippen LogP contribution in [0.5, 0.6) is 0 Å². The maximum atomic E-state index is 4.62. The quantitative estimate of drug-likeness (QED) is 0.867. The van der Waals surface area contributed by atoms with E-state index in [9.17, 15) is 0 Å². The Labute approximate surface area is 123 Å². The number of aromatic nitrogens is 2. The van der Waals surface area contributed by atoms with Crippen LogP contribution in [0.25, 0.3) is 0 Å². The summed E-state index contributed by atoms with van der Waals surface area (Å²) in [5, 5.41) is 8.22. The molecular weight excluding hydrogens is 248 g/mol. The summed E-state index contributed by atoms with van der Waals surface area (Å²) in [5.74, 6) is 0. The molecule has 0 saturated heterocycles. The summed E-state index contributed by atoms with van der Waals surface area (Å²) < 4.78 is 1.93. The number of hydrogen-bond acceptors (Lipinski definition) is 3. The van der Waals surface area contributed by atoms with Gasteiger partial charge in [0.15, 0.2) is 0 Å². The van der Waals surface area contributed by atoms with E-state index in [2.05, 4.69) is 56.3 Å². The summed E-state index contributed by atoms with van der Waals surface area (Å²) in [6, 6.07) is 1.42. The van der Waals surface area contributed by atoms with Crippen LogP contribution in [-0.2, 0) is 19.0 Å². The minimum Gasteiger partial charge on any atom is -0.311 e. The highest BCUT2D eigenvalue weighted by molar-refractivity contribution is 5.23. The first-order chi connectivity index (χ1) is 9.29. The molecule has 0 aromatic carbocycles. The maximum Gasteiger partial charge on any atom is 0.0722 e. The molecule has 4 heteroatoms. The van der Waals surface area contributed by atoms with Crippen molar-refractivity contribution in [2.75, 3.05) is 13.6 Å². The molecule has 114 valence electrons. The zero-order chi connectivity index (χ0) is 14.9. The van der Waals surface area contributed by atoms with Crippen LogP contribution in [-0.4, -0.2) is 40.4 Å². The monoisotopic (exact) mass is 278 g/mol. The van der Waals surface area contributed by atoms with Crippen molar-refractivity contribution >= 4 is 0 Å². The van der Waals surface area contributed by atoms with Crippen molar-refractivity contribution in [3.8, 4) is 0 Å². The van der Waals surface area contributed by atoms with Gasteiger partial charge in [-0.05, 0) is 26.8 Å². The lowest BCUT2D eigenvalue weighted by molar-refractivity contribution is 0.241. The highest BCUT2D eigenvalue weighted by atomic mass is 15.3. The van der Waals surface area contributed by atoms with E-state index in [0.717, 1.165) is 19.1 Å². The van der Waals surface area contributed by atoms with Crippen LogP contribution in [0, 0.1) is 0 Å². The Balaban J connectivity index is 1.87. The standard InChI is InChI=1S/C16H30N4/c1-12(20(6)14-7-8-14)9-17-10-13-11-19(5)18-15(13)16(2,3)4/h11-12,14,17H,7-10H2,1-6H3. The molecule has 1 unspecified atom stereocenters. The zero-order valence-corrected chi connectivity index (χ0v) is 13.9. The number of nitrogens with one attached hydrogen (secondary N) is 1.